The molecule has 0 spiro atoms. The first-order chi connectivity index (χ1) is 9.10. The average molecular weight is 277 g/mol. The van der Waals surface area contributed by atoms with Crippen molar-refractivity contribution in [3.05, 3.63) is 52.8 Å². The van der Waals surface area contributed by atoms with E-state index in [0.29, 0.717) is 16.4 Å². The van der Waals surface area contributed by atoms with Crippen molar-refractivity contribution in [3.8, 4) is 0 Å². The smallest absolute Gasteiger partial charge is 0.274 e. The zero-order valence-corrected chi connectivity index (χ0v) is 11.0. The van der Waals surface area contributed by atoms with Gasteiger partial charge in [0, 0.05) is 0 Å². The number of nitrogen functional groups attached to an aromatic ring is 1. The van der Waals surface area contributed by atoms with Crippen molar-refractivity contribution >= 4 is 28.9 Å². The van der Waals surface area contributed by atoms with Gasteiger partial charge in [-0.2, -0.15) is 0 Å². The third-order valence-corrected chi connectivity index (χ3v) is 2.85. The number of nitrogens with two attached hydrogens (primary N) is 1. The van der Waals surface area contributed by atoms with E-state index in [4.69, 9.17) is 17.4 Å². The highest BCUT2D eigenvalue weighted by Crippen LogP contribution is 2.23. The fourth-order valence-electron chi connectivity index (χ4n) is 1.52. The molecule has 0 aliphatic carbocycles. The number of halogens is 1. The summed E-state index contributed by atoms with van der Waals surface area (Å²) in [7, 11) is 0. The lowest BCUT2D eigenvalue weighted by atomic mass is 10.2. The zero-order valence-electron chi connectivity index (χ0n) is 10.3. The van der Waals surface area contributed by atoms with Crippen LogP contribution in [0.1, 0.15) is 16.1 Å². The van der Waals surface area contributed by atoms with Gasteiger partial charge >= 0.3 is 0 Å². The van der Waals surface area contributed by atoms with Crippen LogP contribution in [-0.2, 0) is 0 Å². The second-order valence-corrected chi connectivity index (χ2v) is 4.42. The summed E-state index contributed by atoms with van der Waals surface area (Å²) in [5.41, 5.74) is 4.94. The van der Waals surface area contributed by atoms with Gasteiger partial charge in [-0.25, -0.2) is 4.98 Å². The number of benzene rings is 1. The monoisotopic (exact) mass is 276 g/mol. The fraction of sp³-hybridized carbons (Fsp3) is 0.0769. The molecule has 0 saturated carbocycles. The van der Waals surface area contributed by atoms with Crippen molar-refractivity contribution in [2.24, 2.45) is 5.84 Å². The lowest BCUT2D eigenvalue weighted by Gasteiger charge is -2.07. The van der Waals surface area contributed by atoms with E-state index in [-0.39, 0.29) is 11.6 Å². The van der Waals surface area contributed by atoms with Crippen LogP contribution in [0.2, 0.25) is 5.02 Å². The Labute approximate surface area is 115 Å². The van der Waals surface area contributed by atoms with Crippen molar-refractivity contribution in [3.63, 3.8) is 0 Å². The number of nitrogens with zero attached hydrogens (tertiary/aromatic N) is 1. The van der Waals surface area contributed by atoms with Crippen LogP contribution in [0.25, 0.3) is 0 Å². The Morgan fingerprint density at radius 3 is 2.68 bits per heavy atom. The lowest BCUT2D eigenvalue weighted by Crippen LogP contribution is -2.14. The Hall–Kier alpha value is -2.11. The van der Waals surface area contributed by atoms with E-state index in [1.54, 1.807) is 24.3 Å². The molecule has 1 aromatic carbocycles. The normalized spacial score (nSPS) is 10.1. The van der Waals surface area contributed by atoms with E-state index in [0.717, 1.165) is 5.56 Å². The highest BCUT2D eigenvalue weighted by molar-refractivity contribution is 6.34. The second-order valence-electron chi connectivity index (χ2n) is 4.01. The summed E-state index contributed by atoms with van der Waals surface area (Å²) in [6.07, 6.45) is 1.48. The minimum Gasteiger partial charge on any atom is -0.323 e. The van der Waals surface area contributed by atoms with Crippen molar-refractivity contribution in [1.29, 1.82) is 0 Å². The fourth-order valence-corrected chi connectivity index (χ4v) is 1.80. The molecule has 0 aliphatic heterocycles. The number of hydrogen-bond acceptors (Lipinski definition) is 4. The Balaban J connectivity index is 2.15. The summed E-state index contributed by atoms with van der Waals surface area (Å²) in [5.74, 6) is 4.90. The van der Waals surface area contributed by atoms with Gasteiger partial charge in [-0.15, -0.1) is 0 Å². The molecule has 0 radical (unpaired) electrons. The van der Waals surface area contributed by atoms with E-state index in [1.807, 2.05) is 13.0 Å². The molecule has 5 nitrogen and oxygen atoms in total. The van der Waals surface area contributed by atoms with Crippen LogP contribution in [0.3, 0.4) is 0 Å². The molecule has 2 aromatic rings. The summed E-state index contributed by atoms with van der Waals surface area (Å²) in [6.45, 7) is 1.93. The third kappa shape index (κ3) is 3.21. The first kappa shape index (κ1) is 13.3. The number of carbonyl (C=O) groups excluding carboxylic acids is 1. The van der Waals surface area contributed by atoms with E-state index in [2.05, 4.69) is 15.7 Å². The van der Waals surface area contributed by atoms with Crippen LogP contribution in [0.4, 0.5) is 11.4 Å². The molecular weight excluding hydrogens is 264 g/mol. The summed E-state index contributed by atoms with van der Waals surface area (Å²) in [4.78, 5) is 16.0. The maximum Gasteiger partial charge on any atom is 0.274 e. The maximum absolute atomic E-state index is 12.0. The minimum atomic E-state index is -0.325. The number of nitrogens with one attached hydrogen (secondary N) is 2. The number of aryl methyl sites for hydroxylation is 1. The number of hydrogen-bond donors (Lipinski definition) is 3. The summed E-state index contributed by atoms with van der Waals surface area (Å²) < 4.78 is 0. The van der Waals surface area contributed by atoms with Gasteiger partial charge in [0.15, 0.2) is 0 Å². The number of anilines is 2. The largest absolute Gasteiger partial charge is 0.323 e. The quantitative estimate of drug-likeness (QED) is 0.595. The molecule has 2 rings (SSSR count). The molecule has 4 N–H and O–H groups in total. The number of carbonyl (C=O) groups is 1. The predicted molar refractivity (Wildman–Crippen MR) is 76.2 cm³/mol. The minimum absolute atomic E-state index is 0.288. The van der Waals surface area contributed by atoms with Crippen LogP contribution in [0, 0.1) is 6.92 Å². The first-order valence-electron chi connectivity index (χ1n) is 5.60. The van der Waals surface area contributed by atoms with Gasteiger partial charge in [0.05, 0.1) is 22.6 Å². The van der Waals surface area contributed by atoms with Crippen molar-refractivity contribution in [2.45, 2.75) is 6.92 Å². The molecule has 1 heterocycles. The Morgan fingerprint density at radius 2 is 2.11 bits per heavy atom. The van der Waals surface area contributed by atoms with Gasteiger partial charge < -0.3 is 10.7 Å². The van der Waals surface area contributed by atoms with Gasteiger partial charge in [0.25, 0.3) is 5.91 Å². The molecule has 0 bridgehead atoms. The van der Waals surface area contributed by atoms with Crippen LogP contribution in [0.5, 0.6) is 0 Å². The molecule has 0 fully saturated rings. The third-order valence-electron chi connectivity index (χ3n) is 2.54. The zero-order chi connectivity index (χ0) is 13.8. The van der Waals surface area contributed by atoms with Crippen molar-refractivity contribution in [1.82, 2.24) is 4.98 Å². The summed E-state index contributed by atoms with van der Waals surface area (Å²) in [6, 6.07) is 8.65. The van der Waals surface area contributed by atoms with Gasteiger partial charge in [-0.3, -0.25) is 10.6 Å². The Bertz CT molecular complexity index is 598. The Kier molecular flexibility index (Phi) is 3.99. The number of amides is 1. The van der Waals surface area contributed by atoms with E-state index in [9.17, 15) is 4.79 Å². The second kappa shape index (κ2) is 5.69. The molecule has 19 heavy (non-hydrogen) atoms. The van der Waals surface area contributed by atoms with Gasteiger partial charge in [-0.1, -0.05) is 17.7 Å². The average Bonchev–Trinajstić information content (AvgIpc) is 2.42. The predicted octanol–water partition coefficient (Wildman–Crippen LogP) is 2.58. The molecule has 0 saturated heterocycles. The summed E-state index contributed by atoms with van der Waals surface area (Å²) >= 11 is 6.05. The van der Waals surface area contributed by atoms with Gasteiger partial charge in [-0.05, 0) is 36.8 Å². The van der Waals surface area contributed by atoms with E-state index < -0.39 is 0 Å². The van der Waals surface area contributed by atoms with Crippen LogP contribution >= 0.6 is 11.6 Å². The topological polar surface area (TPSA) is 80.0 Å². The number of pyridine rings is 1. The first-order valence-corrected chi connectivity index (χ1v) is 5.98. The molecule has 0 atom stereocenters. The van der Waals surface area contributed by atoms with Crippen LogP contribution in [0.15, 0.2) is 36.5 Å². The summed E-state index contributed by atoms with van der Waals surface area (Å²) in [5, 5.41) is 3.20. The highest BCUT2D eigenvalue weighted by atomic mass is 35.5. The molecular formula is C13H13ClN4O. The number of aromatic nitrogens is 1. The molecule has 1 aromatic heterocycles. The van der Waals surface area contributed by atoms with Crippen molar-refractivity contribution in [2.75, 3.05) is 10.7 Å². The van der Waals surface area contributed by atoms with Crippen LogP contribution in [-0.4, -0.2) is 10.9 Å². The molecule has 98 valence electrons. The molecule has 6 heteroatoms. The van der Waals surface area contributed by atoms with Crippen molar-refractivity contribution < 1.29 is 4.79 Å². The number of hydrazine groups is 1. The Morgan fingerprint density at radius 1 is 1.32 bits per heavy atom. The molecule has 0 unspecified atom stereocenters. The number of rotatable bonds is 3. The van der Waals surface area contributed by atoms with Gasteiger partial charge in [0.1, 0.15) is 5.69 Å². The molecule has 0 aliphatic rings. The standard InChI is InChI=1S/C13H13ClN4O/c1-8-2-4-11(10(14)6-8)17-13(19)12-5-3-9(18-15)7-16-12/h2-7,18H,15H2,1H3,(H,17,19). The van der Waals surface area contributed by atoms with E-state index >= 15 is 0 Å². The van der Waals surface area contributed by atoms with Crippen LogP contribution < -0.4 is 16.6 Å². The molecule has 1 amide bonds. The lowest BCUT2D eigenvalue weighted by molar-refractivity contribution is 0.102. The maximum atomic E-state index is 12.0. The highest BCUT2D eigenvalue weighted by Gasteiger charge is 2.09. The van der Waals surface area contributed by atoms with E-state index in [1.165, 1.54) is 6.20 Å². The SMILES string of the molecule is Cc1ccc(NC(=O)c2ccc(NN)cn2)c(Cl)c1. The van der Waals surface area contributed by atoms with Gasteiger partial charge in [0.2, 0.25) is 0 Å².